The summed E-state index contributed by atoms with van der Waals surface area (Å²) >= 11 is 0. The Bertz CT molecular complexity index is 385. The summed E-state index contributed by atoms with van der Waals surface area (Å²) < 4.78 is 0. The predicted molar refractivity (Wildman–Crippen MR) is 71.3 cm³/mol. The Balaban J connectivity index is 2.63. The Morgan fingerprint density at radius 3 is 2.56 bits per heavy atom. The van der Waals surface area contributed by atoms with Crippen molar-refractivity contribution in [2.75, 3.05) is 5.32 Å². The minimum Gasteiger partial charge on any atom is -0.391 e. The Labute approximate surface area is 108 Å². The van der Waals surface area contributed by atoms with Crippen molar-refractivity contribution in [1.82, 2.24) is 10.3 Å². The van der Waals surface area contributed by atoms with Crippen molar-refractivity contribution in [2.45, 2.75) is 39.8 Å². The number of nitrogens with one attached hydrogen (secondary N) is 2. The third kappa shape index (κ3) is 4.33. The van der Waals surface area contributed by atoms with Gasteiger partial charge in [0.25, 0.3) is 0 Å². The highest BCUT2D eigenvalue weighted by atomic mass is 16.3. The van der Waals surface area contributed by atoms with Crippen molar-refractivity contribution in [3.05, 3.63) is 24.5 Å². The molecule has 0 aliphatic heterocycles. The molecule has 100 valence electrons. The van der Waals surface area contributed by atoms with Crippen LogP contribution in [0.25, 0.3) is 0 Å². The van der Waals surface area contributed by atoms with Crippen LogP contribution < -0.4 is 10.6 Å². The van der Waals surface area contributed by atoms with E-state index in [-0.39, 0.29) is 17.5 Å². The van der Waals surface area contributed by atoms with Gasteiger partial charge in [-0.3, -0.25) is 4.98 Å². The maximum Gasteiger partial charge on any atom is 0.319 e. The van der Waals surface area contributed by atoms with E-state index in [0.717, 1.165) is 0 Å². The van der Waals surface area contributed by atoms with Gasteiger partial charge in [0.1, 0.15) is 0 Å². The number of rotatable bonds is 3. The van der Waals surface area contributed by atoms with Gasteiger partial charge in [-0.05, 0) is 24.5 Å². The molecule has 1 aromatic rings. The topological polar surface area (TPSA) is 74.2 Å². The zero-order chi connectivity index (χ0) is 13.8. The third-order valence-corrected chi connectivity index (χ3v) is 2.62. The number of nitrogens with zero attached hydrogens (tertiary/aromatic N) is 1. The fraction of sp³-hybridized carbons (Fsp3) is 0.538. The van der Waals surface area contributed by atoms with Crippen molar-refractivity contribution >= 4 is 11.7 Å². The number of aliphatic hydroxyl groups is 1. The molecule has 0 aliphatic carbocycles. The van der Waals surface area contributed by atoms with E-state index in [1.165, 1.54) is 0 Å². The van der Waals surface area contributed by atoms with Crippen LogP contribution in [0.2, 0.25) is 0 Å². The van der Waals surface area contributed by atoms with Crippen LogP contribution in [0, 0.1) is 5.41 Å². The summed E-state index contributed by atoms with van der Waals surface area (Å²) in [6.45, 7) is 7.57. The van der Waals surface area contributed by atoms with Crippen LogP contribution in [0.3, 0.4) is 0 Å². The lowest BCUT2D eigenvalue weighted by Crippen LogP contribution is -2.51. The summed E-state index contributed by atoms with van der Waals surface area (Å²) in [5.41, 5.74) is 0.397. The number of carbonyl (C=O) groups excluding carboxylic acids is 1. The molecule has 1 rings (SSSR count). The maximum absolute atomic E-state index is 11.8. The monoisotopic (exact) mass is 251 g/mol. The summed E-state index contributed by atoms with van der Waals surface area (Å²) in [7, 11) is 0. The van der Waals surface area contributed by atoms with E-state index in [2.05, 4.69) is 15.6 Å². The first-order chi connectivity index (χ1) is 8.30. The van der Waals surface area contributed by atoms with Crippen LogP contribution in [-0.4, -0.2) is 28.3 Å². The van der Waals surface area contributed by atoms with E-state index in [1.54, 1.807) is 31.5 Å². The Hall–Kier alpha value is -1.62. The smallest absolute Gasteiger partial charge is 0.319 e. The van der Waals surface area contributed by atoms with Crippen LogP contribution in [0.15, 0.2) is 24.5 Å². The summed E-state index contributed by atoms with van der Waals surface area (Å²) in [4.78, 5) is 15.7. The molecule has 0 saturated heterocycles. The molecular formula is C13H21N3O2. The second-order valence-electron chi connectivity index (χ2n) is 5.42. The highest BCUT2D eigenvalue weighted by Gasteiger charge is 2.30. The summed E-state index contributed by atoms with van der Waals surface area (Å²) in [6.07, 6.45) is 2.58. The van der Waals surface area contributed by atoms with Gasteiger partial charge in [-0.1, -0.05) is 20.8 Å². The van der Waals surface area contributed by atoms with Crippen molar-refractivity contribution in [1.29, 1.82) is 0 Å². The number of hydrogen-bond acceptors (Lipinski definition) is 3. The lowest BCUT2D eigenvalue weighted by molar-refractivity contribution is 0.0906. The zero-order valence-corrected chi connectivity index (χ0v) is 11.3. The Morgan fingerprint density at radius 1 is 1.44 bits per heavy atom. The quantitative estimate of drug-likeness (QED) is 0.769. The molecule has 1 aromatic heterocycles. The molecule has 0 fully saturated rings. The van der Waals surface area contributed by atoms with Gasteiger partial charge in [-0.2, -0.15) is 0 Å². The Morgan fingerprint density at radius 2 is 2.11 bits per heavy atom. The third-order valence-electron chi connectivity index (χ3n) is 2.62. The van der Waals surface area contributed by atoms with E-state index in [9.17, 15) is 9.90 Å². The average molecular weight is 251 g/mol. The number of amides is 2. The normalized spacial score (nSPS) is 14.7. The molecule has 18 heavy (non-hydrogen) atoms. The predicted octanol–water partition coefficient (Wildman–Crippen LogP) is 2.00. The highest BCUT2D eigenvalue weighted by molar-refractivity contribution is 5.89. The molecule has 5 nitrogen and oxygen atoms in total. The first kappa shape index (κ1) is 14.4. The number of pyridine rings is 1. The molecule has 3 N–H and O–H groups in total. The molecule has 2 atom stereocenters. The van der Waals surface area contributed by atoms with Crippen LogP contribution >= 0.6 is 0 Å². The second-order valence-corrected chi connectivity index (χ2v) is 5.42. The summed E-state index contributed by atoms with van der Waals surface area (Å²) in [6, 6.07) is 2.82. The first-order valence-electron chi connectivity index (χ1n) is 5.96. The van der Waals surface area contributed by atoms with Gasteiger partial charge < -0.3 is 15.7 Å². The molecule has 0 radical (unpaired) electrons. The molecule has 5 heteroatoms. The molecule has 0 aromatic carbocycles. The standard InChI is InChI=1S/C13H21N3O2/c1-9(17)11(13(2,3)4)16-12(18)15-10-6-5-7-14-8-10/h5-9,11,17H,1-4H3,(H2,15,16,18). The fourth-order valence-corrected chi connectivity index (χ4v) is 1.81. The molecule has 2 unspecified atom stereocenters. The maximum atomic E-state index is 11.8. The molecular weight excluding hydrogens is 230 g/mol. The average Bonchev–Trinajstić information content (AvgIpc) is 2.25. The fourth-order valence-electron chi connectivity index (χ4n) is 1.81. The second kappa shape index (κ2) is 5.82. The lowest BCUT2D eigenvalue weighted by Gasteiger charge is -2.33. The Kier molecular flexibility index (Phi) is 4.67. The van der Waals surface area contributed by atoms with Crippen molar-refractivity contribution in [3.8, 4) is 0 Å². The van der Waals surface area contributed by atoms with Crippen LogP contribution in [0.5, 0.6) is 0 Å². The van der Waals surface area contributed by atoms with Crippen LogP contribution in [-0.2, 0) is 0 Å². The van der Waals surface area contributed by atoms with E-state index in [0.29, 0.717) is 5.69 Å². The largest absolute Gasteiger partial charge is 0.391 e. The minimum absolute atomic E-state index is 0.222. The van der Waals surface area contributed by atoms with Gasteiger partial charge in [-0.15, -0.1) is 0 Å². The molecule has 0 spiro atoms. The molecule has 0 aliphatic rings. The number of aromatic nitrogens is 1. The summed E-state index contributed by atoms with van der Waals surface area (Å²) in [5.74, 6) is 0. The first-order valence-corrected chi connectivity index (χ1v) is 5.96. The van der Waals surface area contributed by atoms with Crippen LogP contribution in [0.4, 0.5) is 10.5 Å². The van der Waals surface area contributed by atoms with Gasteiger partial charge >= 0.3 is 6.03 Å². The van der Waals surface area contributed by atoms with E-state index in [1.807, 2.05) is 20.8 Å². The number of aliphatic hydroxyl groups excluding tert-OH is 1. The number of carbonyl (C=O) groups is 1. The van der Waals surface area contributed by atoms with Gasteiger partial charge in [-0.25, -0.2) is 4.79 Å². The van der Waals surface area contributed by atoms with Gasteiger partial charge in [0.15, 0.2) is 0 Å². The number of urea groups is 1. The van der Waals surface area contributed by atoms with Gasteiger partial charge in [0.2, 0.25) is 0 Å². The van der Waals surface area contributed by atoms with Crippen LogP contribution in [0.1, 0.15) is 27.7 Å². The van der Waals surface area contributed by atoms with E-state index in [4.69, 9.17) is 0 Å². The SMILES string of the molecule is CC(O)C(NC(=O)Nc1cccnc1)C(C)(C)C. The van der Waals surface area contributed by atoms with E-state index < -0.39 is 6.10 Å². The van der Waals surface area contributed by atoms with Crippen molar-refractivity contribution in [2.24, 2.45) is 5.41 Å². The van der Waals surface area contributed by atoms with E-state index >= 15 is 0 Å². The minimum atomic E-state index is -0.621. The molecule has 0 saturated carbocycles. The molecule has 2 amide bonds. The zero-order valence-electron chi connectivity index (χ0n) is 11.3. The van der Waals surface area contributed by atoms with Gasteiger partial charge in [0.05, 0.1) is 24.0 Å². The highest BCUT2D eigenvalue weighted by Crippen LogP contribution is 2.22. The number of hydrogen-bond donors (Lipinski definition) is 3. The van der Waals surface area contributed by atoms with Crippen molar-refractivity contribution < 1.29 is 9.90 Å². The van der Waals surface area contributed by atoms with Gasteiger partial charge in [0, 0.05) is 6.20 Å². The lowest BCUT2D eigenvalue weighted by atomic mass is 9.84. The van der Waals surface area contributed by atoms with Crippen molar-refractivity contribution in [3.63, 3.8) is 0 Å². The number of anilines is 1. The molecule has 0 bridgehead atoms. The molecule has 1 heterocycles. The summed E-state index contributed by atoms with van der Waals surface area (Å²) in [5, 5.41) is 15.2.